The molecule has 0 fully saturated rings. The molecule has 18 heavy (non-hydrogen) atoms. The topological polar surface area (TPSA) is 64.4 Å². The van der Waals surface area contributed by atoms with E-state index >= 15 is 0 Å². The second-order valence-electron chi connectivity index (χ2n) is 3.88. The standard InChI is InChI=1S/C13H14N2O3/c1-18-13(17)11-4-2-10(3-5-11)6-15-7-12(8-16)14-9-15/h2-5,7,9,16H,6,8H2,1H3. The van der Waals surface area contributed by atoms with Crippen molar-refractivity contribution in [2.45, 2.75) is 13.2 Å². The van der Waals surface area contributed by atoms with Gasteiger partial charge in [0, 0.05) is 12.7 Å². The fourth-order valence-corrected chi connectivity index (χ4v) is 1.65. The third-order valence-corrected chi connectivity index (χ3v) is 2.59. The number of carbonyl (C=O) groups is 1. The molecular weight excluding hydrogens is 232 g/mol. The fourth-order valence-electron chi connectivity index (χ4n) is 1.65. The van der Waals surface area contributed by atoms with Gasteiger partial charge in [0.25, 0.3) is 0 Å². The number of hydrogen-bond donors (Lipinski definition) is 1. The predicted molar refractivity (Wildman–Crippen MR) is 65.0 cm³/mol. The quantitative estimate of drug-likeness (QED) is 0.823. The Bertz CT molecular complexity index is 531. The summed E-state index contributed by atoms with van der Waals surface area (Å²) in [7, 11) is 1.36. The van der Waals surface area contributed by atoms with Gasteiger partial charge in [0.15, 0.2) is 0 Å². The zero-order valence-corrected chi connectivity index (χ0v) is 10.0. The maximum absolute atomic E-state index is 11.3. The van der Waals surface area contributed by atoms with E-state index in [-0.39, 0.29) is 12.6 Å². The lowest BCUT2D eigenvalue weighted by molar-refractivity contribution is 0.0600. The van der Waals surface area contributed by atoms with Crippen molar-refractivity contribution in [2.75, 3.05) is 7.11 Å². The molecule has 2 aromatic rings. The molecular formula is C13H14N2O3. The molecule has 0 radical (unpaired) electrons. The highest BCUT2D eigenvalue weighted by Crippen LogP contribution is 2.08. The molecule has 0 amide bonds. The molecule has 0 aliphatic rings. The number of methoxy groups -OCH3 is 1. The third kappa shape index (κ3) is 2.75. The number of aromatic nitrogens is 2. The molecule has 1 aromatic carbocycles. The van der Waals surface area contributed by atoms with Crippen LogP contribution in [0.1, 0.15) is 21.6 Å². The zero-order valence-electron chi connectivity index (χ0n) is 10.0. The molecule has 0 bridgehead atoms. The van der Waals surface area contributed by atoms with Crippen molar-refractivity contribution < 1.29 is 14.6 Å². The fraction of sp³-hybridized carbons (Fsp3) is 0.231. The van der Waals surface area contributed by atoms with Gasteiger partial charge in [-0.05, 0) is 17.7 Å². The minimum absolute atomic E-state index is 0.0612. The molecule has 0 saturated carbocycles. The molecule has 0 aliphatic carbocycles. The maximum atomic E-state index is 11.3. The lowest BCUT2D eigenvalue weighted by atomic mass is 10.1. The van der Waals surface area contributed by atoms with Crippen LogP contribution in [0.2, 0.25) is 0 Å². The molecule has 5 heteroatoms. The number of aliphatic hydroxyl groups excluding tert-OH is 1. The van der Waals surface area contributed by atoms with E-state index in [4.69, 9.17) is 5.11 Å². The Morgan fingerprint density at radius 2 is 2.11 bits per heavy atom. The van der Waals surface area contributed by atoms with Crippen LogP contribution in [0, 0.1) is 0 Å². The van der Waals surface area contributed by atoms with Crippen molar-refractivity contribution in [1.29, 1.82) is 0 Å². The van der Waals surface area contributed by atoms with Crippen LogP contribution in [0.5, 0.6) is 0 Å². The molecule has 0 unspecified atom stereocenters. The normalized spacial score (nSPS) is 10.3. The summed E-state index contributed by atoms with van der Waals surface area (Å²) in [5.74, 6) is -0.341. The minimum Gasteiger partial charge on any atom is -0.465 e. The molecule has 2 rings (SSSR count). The highest BCUT2D eigenvalue weighted by molar-refractivity contribution is 5.89. The molecule has 1 heterocycles. The lowest BCUT2D eigenvalue weighted by Crippen LogP contribution is -2.02. The monoisotopic (exact) mass is 246 g/mol. The van der Waals surface area contributed by atoms with Crippen molar-refractivity contribution in [3.63, 3.8) is 0 Å². The van der Waals surface area contributed by atoms with E-state index < -0.39 is 0 Å². The van der Waals surface area contributed by atoms with Crippen LogP contribution >= 0.6 is 0 Å². The van der Waals surface area contributed by atoms with E-state index in [9.17, 15) is 4.79 Å². The van der Waals surface area contributed by atoms with Gasteiger partial charge in [-0.25, -0.2) is 9.78 Å². The average molecular weight is 246 g/mol. The smallest absolute Gasteiger partial charge is 0.337 e. The van der Waals surface area contributed by atoms with Gasteiger partial charge in [-0.15, -0.1) is 0 Å². The number of aliphatic hydroxyl groups is 1. The van der Waals surface area contributed by atoms with Gasteiger partial charge in [-0.3, -0.25) is 0 Å². The lowest BCUT2D eigenvalue weighted by Gasteiger charge is -2.04. The van der Waals surface area contributed by atoms with Gasteiger partial charge < -0.3 is 14.4 Å². The van der Waals surface area contributed by atoms with Crippen LogP contribution in [0.15, 0.2) is 36.8 Å². The van der Waals surface area contributed by atoms with Gasteiger partial charge in [-0.2, -0.15) is 0 Å². The first-order valence-electron chi connectivity index (χ1n) is 5.51. The average Bonchev–Trinajstić information content (AvgIpc) is 2.86. The number of nitrogens with zero attached hydrogens (tertiary/aromatic N) is 2. The second-order valence-corrected chi connectivity index (χ2v) is 3.88. The molecule has 5 nitrogen and oxygen atoms in total. The highest BCUT2D eigenvalue weighted by Gasteiger charge is 2.04. The Kier molecular flexibility index (Phi) is 3.74. The number of imidazole rings is 1. The summed E-state index contributed by atoms with van der Waals surface area (Å²) >= 11 is 0. The van der Waals surface area contributed by atoms with E-state index in [1.165, 1.54) is 7.11 Å². The second kappa shape index (κ2) is 5.46. The van der Waals surface area contributed by atoms with Crippen LogP contribution in [0.3, 0.4) is 0 Å². The van der Waals surface area contributed by atoms with Crippen molar-refractivity contribution in [3.05, 3.63) is 53.6 Å². The Balaban J connectivity index is 2.08. The Morgan fingerprint density at radius 1 is 1.39 bits per heavy atom. The number of esters is 1. The summed E-state index contributed by atoms with van der Waals surface area (Å²) in [5.41, 5.74) is 2.22. The van der Waals surface area contributed by atoms with Crippen LogP contribution in [0.4, 0.5) is 0 Å². The summed E-state index contributed by atoms with van der Waals surface area (Å²) in [6.45, 7) is 0.586. The SMILES string of the molecule is COC(=O)c1ccc(Cn2cnc(CO)c2)cc1. The zero-order chi connectivity index (χ0) is 13.0. The van der Waals surface area contributed by atoms with E-state index in [0.29, 0.717) is 17.8 Å². The van der Waals surface area contributed by atoms with Crippen molar-refractivity contribution in [2.24, 2.45) is 0 Å². The highest BCUT2D eigenvalue weighted by atomic mass is 16.5. The van der Waals surface area contributed by atoms with Crippen LogP contribution < -0.4 is 0 Å². The summed E-state index contributed by atoms with van der Waals surface area (Å²) < 4.78 is 6.50. The number of hydrogen-bond acceptors (Lipinski definition) is 4. The Hall–Kier alpha value is -2.14. The minimum atomic E-state index is -0.341. The molecule has 94 valence electrons. The molecule has 0 atom stereocenters. The van der Waals surface area contributed by atoms with Gasteiger partial charge in [-0.1, -0.05) is 12.1 Å². The Morgan fingerprint density at radius 3 is 2.67 bits per heavy atom. The molecule has 0 saturated heterocycles. The van der Waals surface area contributed by atoms with Crippen LogP contribution in [-0.4, -0.2) is 27.7 Å². The van der Waals surface area contributed by atoms with Crippen molar-refractivity contribution in [1.82, 2.24) is 9.55 Å². The number of carbonyl (C=O) groups excluding carboxylic acids is 1. The van der Waals surface area contributed by atoms with Gasteiger partial charge in [0.05, 0.1) is 31.3 Å². The summed E-state index contributed by atoms with van der Waals surface area (Å²) in [6.07, 6.45) is 3.45. The van der Waals surface area contributed by atoms with Crippen molar-refractivity contribution >= 4 is 5.97 Å². The first-order valence-corrected chi connectivity index (χ1v) is 5.51. The van der Waals surface area contributed by atoms with E-state index in [2.05, 4.69) is 9.72 Å². The maximum Gasteiger partial charge on any atom is 0.337 e. The van der Waals surface area contributed by atoms with Gasteiger partial charge in [0.1, 0.15) is 0 Å². The number of ether oxygens (including phenoxy) is 1. The summed E-state index contributed by atoms with van der Waals surface area (Å²) in [4.78, 5) is 15.3. The third-order valence-electron chi connectivity index (χ3n) is 2.59. The van der Waals surface area contributed by atoms with E-state index in [1.807, 2.05) is 16.7 Å². The van der Waals surface area contributed by atoms with Gasteiger partial charge >= 0.3 is 5.97 Å². The van der Waals surface area contributed by atoms with Gasteiger partial charge in [0.2, 0.25) is 0 Å². The number of rotatable bonds is 4. The summed E-state index contributed by atoms with van der Waals surface area (Å²) in [5, 5.41) is 8.91. The first-order chi connectivity index (χ1) is 8.72. The molecule has 0 spiro atoms. The van der Waals surface area contributed by atoms with E-state index in [0.717, 1.165) is 5.56 Å². The van der Waals surface area contributed by atoms with Crippen LogP contribution in [0.25, 0.3) is 0 Å². The molecule has 1 aromatic heterocycles. The number of benzene rings is 1. The predicted octanol–water partition coefficient (Wildman–Crippen LogP) is 1.21. The first kappa shape index (κ1) is 12.3. The van der Waals surface area contributed by atoms with Crippen molar-refractivity contribution in [3.8, 4) is 0 Å². The molecule has 1 N–H and O–H groups in total. The largest absolute Gasteiger partial charge is 0.465 e. The van der Waals surface area contributed by atoms with Crippen LogP contribution in [-0.2, 0) is 17.9 Å². The Labute approximate surface area is 105 Å². The van der Waals surface area contributed by atoms with E-state index in [1.54, 1.807) is 24.7 Å². The summed E-state index contributed by atoms with van der Waals surface area (Å²) in [6, 6.07) is 7.19. The molecule has 0 aliphatic heterocycles.